The molecule has 12 heavy (non-hydrogen) atoms. The molecular weight excluding hydrogens is 154 g/mol. The molecule has 0 bridgehead atoms. The van der Waals surface area contributed by atoms with Gasteiger partial charge in [0.15, 0.2) is 0 Å². The van der Waals surface area contributed by atoms with Crippen LogP contribution in [0.3, 0.4) is 0 Å². The highest BCUT2D eigenvalue weighted by molar-refractivity contribution is 5.68. The Morgan fingerprint density at radius 1 is 1.58 bits per heavy atom. The van der Waals surface area contributed by atoms with Crippen molar-refractivity contribution in [3.8, 4) is 0 Å². The zero-order valence-electron chi connectivity index (χ0n) is 8.14. The van der Waals surface area contributed by atoms with E-state index in [2.05, 4.69) is 12.2 Å². The van der Waals surface area contributed by atoms with Gasteiger partial charge in [0.05, 0.1) is 6.61 Å². The molecule has 0 atom stereocenters. The van der Waals surface area contributed by atoms with Crippen LogP contribution in [0.2, 0.25) is 0 Å². The molecule has 0 aliphatic carbocycles. The van der Waals surface area contributed by atoms with Crippen LogP contribution in [0.25, 0.3) is 0 Å². The van der Waals surface area contributed by atoms with Gasteiger partial charge in [-0.15, -0.1) is 0 Å². The van der Waals surface area contributed by atoms with Crippen molar-refractivity contribution in [2.24, 2.45) is 0 Å². The van der Waals surface area contributed by atoms with E-state index >= 15 is 0 Å². The van der Waals surface area contributed by atoms with Gasteiger partial charge in [-0.1, -0.05) is 13.8 Å². The first-order valence-electron chi connectivity index (χ1n) is 4.26. The zero-order valence-corrected chi connectivity index (χ0v) is 8.14. The first kappa shape index (κ1) is 11.3. The highest BCUT2D eigenvalue weighted by Gasteiger charge is 2.17. The average molecular weight is 172 g/mol. The van der Waals surface area contributed by atoms with Gasteiger partial charge in [0.25, 0.3) is 0 Å². The van der Waals surface area contributed by atoms with Crippen molar-refractivity contribution in [3.63, 3.8) is 0 Å². The molecule has 0 aliphatic rings. The number of ether oxygens (including phenoxy) is 1. The van der Waals surface area contributed by atoms with Gasteiger partial charge < -0.3 is 10.1 Å². The largest absolute Gasteiger partial charge is 0.450 e. The third kappa shape index (κ3) is 4.99. The molecule has 1 amide bonds. The Bertz CT molecular complexity index is 143. The second-order valence-electron chi connectivity index (χ2n) is 3.39. The fraction of sp³-hybridized carbons (Fsp3) is 0.778. The van der Waals surface area contributed by atoms with Gasteiger partial charge >= 0.3 is 6.09 Å². The van der Waals surface area contributed by atoms with Crippen LogP contribution in [0.1, 0.15) is 33.6 Å². The van der Waals surface area contributed by atoms with E-state index in [0.29, 0.717) is 13.0 Å². The van der Waals surface area contributed by atoms with Crippen molar-refractivity contribution >= 4 is 6.09 Å². The molecule has 0 rings (SSSR count). The monoisotopic (exact) mass is 172 g/mol. The van der Waals surface area contributed by atoms with Gasteiger partial charge in [-0.3, -0.25) is 0 Å². The lowest BCUT2D eigenvalue weighted by Crippen LogP contribution is -2.43. The van der Waals surface area contributed by atoms with E-state index in [1.54, 1.807) is 0 Å². The molecule has 0 aromatic heterocycles. The molecule has 1 radical (unpaired) electrons. The second kappa shape index (κ2) is 5.01. The smallest absolute Gasteiger partial charge is 0.407 e. The minimum atomic E-state index is -0.356. The van der Waals surface area contributed by atoms with E-state index in [9.17, 15) is 4.79 Å². The number of alkyl carbamates (subject to hydrolysis) is 1. The minimum absolute atomic E-state index is 0.273. The average Bonchev–Trinajstić information content (AvgIpc) is 2.00. The van der Waals surface area contributed by atoms with Crippen molar-refractivity contribution in [1.29, 1.82) is 0 Å². The maximum atomic E-state index is 11.0. The van der Waals surface area contributed by atoms with Gasteiger partial charge in [0, 0.05) is 5.54 Å². The number of hydrogen-bond acceptors (Lipinski definition) is 2. The molecule has 0 heterocycles. The van der Waals surface area contributed by atoms with Crippen LogP contribution < -0.4 is 5.32 Å². The third-order valence-corrected chi connectivity index (χ3v) is 1.50. The minimum Gasteiger partial charge on any atom is -0.450 e. The van der Waals surface area contributed by atoms with Crippen LogP contribution in [-0.2, 0) is 4.74 Å². The topological polar surface area (TPSA) is 38.3 Å². The van der Waals surface area contributed by atoms with Gasteiger partial charge in [0.1, 0.15) is 0 Å². The third-order valence-electron chi connectivity index (χ3n) is 1.50. The zero-order chi connectivity index (χ0) is 9.61. The number of nitrogens with one attached hydrogen (secondary N) is 1. The van der Waals surface area contributed by atoms with Gasteiger partial charge in [0.2, 0.25) is 0 Å². The van der Waals surface area contributed by atoms with Crippen molar-refractivity contribution < 1.29 is 9.53 Å². The van der Waals surface area contributed by atoms with Crippen molar-refractivity contribution in [2.75, 3.05) is 6.61 Å². The molecule has 0 aliphatic heterocycles. The summed E-state index contributed by atoms with van der Waals surface area (Å²) in [6.07, 6.45) is 1.14. The Morgan fingerprint density at radius 2 is 2.17 bits per heavy atom. The number of amides is 1. The summed E-state index contributed by atoms with van der Waals surface area (Å²) >= 11 is 0. The SMILES string of the molecule is [CH2]CC(C)(C)NC(=O)OCCC. The summed E-state index contributed by atoms with van der Waals surface area (Å²) in [7, 11) is 0. The van der Waals surface area contributed by atoms with E-state index in [0.717, 1.165) is 6.42 Å². The lowest BCUT2D eigenvalue weighted by atomic mass is 10.0. The highest BCUT2D eigenvalue weighted by Crippen LogP contribution is 2.06. The molecule has 3 heteroatoms. The molecule has 0 saturated heterocycles. The molecular formula is C9H18NO2. The second-order valence-corrected chi connectivity index (χ2v) is 3.39. The Hall–Kier alpha value is -0.730. The van der Waals surface area contributed by atoms with E-state index in [1.165, 1.54) is 0 Å². The predicted molar refractivity (Wildman–Crippen MR) is 48.8 cm³/mol. The van der Waals surface area contributed by atoms with E-state index in [1.807, 2.05) is 20.8 Å². The van der Waals surface area contributed by atoms with Crippen LogP contribution in [-0.4, -0.2) is 18.2 Å². The molecule has 0 unspecified atom stereocenters. The normalized spacial score (nSPS) is 11.0. The van der Waals surface area contributed by atoms with Crippen molar-refractivity contribution in [3.05, 3.63) is 6.92 Å². The molecule has 71 valence electrons. The summed E-state index contributed by atoms with van der Waals surface area (Å²) in [4.78, 5) is 11.0. The Balaban J connectivity index is 3.68. The van der Waals surface area contributed by atoms with Crippen LogP contribution >= 0.6 is 0 Å². The van der Waals surface area contributed by atoms with Gasteiger partial charge in [-0.2, -0.15) is 0 Å². The van der Waals surface area contributed by atoms with Crippen LogP contribution in [0.4, 0.5) is 4.79 Å². The fourth-order valence-electron chi connectivity index (χ4n) is 0.570. The molecule has 3 nitrogen and oxygen atoms in total. The van der Waals surface area contributed by atoms with E-state index < -0.39 is 0 Å². The van der Waals surface area contributed by atoms with Crippen molar-refractivity contribution in [2.45, 2.75) is 39.2 Å². The first-order chi connectivity index (χ1) is 5.52. The van der Waals surface area contributed by atoms with Gasteiger partial charge in [-0.25, -0.2) is 4.79 Å². The highest BCUT2D eigenvalue weighted by atomic mass is 16.5. The molecule has 0 spiro atoms. The fourth-order valence-corrected chi connectivity index (χ4v) is 0.570. The number of carbonyl (C=O) groups excluding carboxylic acids is 1. The lowest BCUT2D eigenvalue weighted by molar-refractivity contribution is 0.136. The molecule has 0 aromatic rings. The number of carbonyl (C=O) groups is 1. The maximum Gasteiger partial charge on any atom is 0.407 e. The Labute approximate surface area is 74.5 Å². The Kier molecular flexibility index (Phi) is 4.71. The maximum absolute atomic E-state index is 11.0. The standard InChI is InChI=1S/C9H18NO2/c1-5-7-12-8(11)10-9(3,4)6-2/h2,5-7H2,1,3-4H3,(H,10,11). The number of hydrogen-bond donors (Lipinski definition) is 1. The molecule has 1 N–H and O–H groups in total. The Morgan fingerprint density at radius 3 is 2.58 bits per heavy atom. The van der Waals surface area contributed by atoms with Crippen molar-refractivity contribution in [1.82, 2.24) is 5.32 Å². The van der Waals surface area contributed by atoms with E-state index in [4.69, 9.17) is 4.74 Å². The molecule has 0 aromatic carbocycles. The van der Waals surface area contributed by atoms with Crippen LogP contribution in [0.5, 0.6) is 0 Å². The molecule has 0 fully saturated rings. The van der Waals surface area contributed by atoms with Crippen LogP contribution in [0.15, 0.2) is 0 Å². The summed E-state index contributed by atoms with van der Waals surface area (Å²) in [6, 6.07) is 0. The van der Waals surface area contributed by atoms with E-state index in [-0.39, 0.29) is 11.6 Å². The number of rotatable bonds is 4. The van der Waals surface area contributed by atoms with Crippen LogP contribution in [0, 0.1) is 6.92 Å². The summed E-state index contributed by atoms with van der Waals surface area (Å²) in [6.45, 7) is 9.97. The summed E-state index contributed by atoms with van der Waals surface area (Å²) in [5, 5.41) is 2.72. The summed E-state index contributed by atoms with van der Waals surface area (Å²) in [5.41, 5.74) is -0.273. The lowest BCUT2D eigenvalue weighted by Gasteiger charge is -2.23. The quantitative estimate of drug-likeness (QED) is 0.705. The van der Waals surface area contributed by atoms with Gasteiger partial charge in [-0.05, 0) is 26.7 Å². The molecule has 0 saturated carbocycles. The summed E-state index contributed by atoms with van der Waals surface area (Å²) < 4.78 is 4.85. The summed E-state index contributed by atoms with van der Waals surface area (Å²) in [5.74, 6) is 0. The first-order valence-corrected chi connectivity index (χ1v) is 4.26. The predicted octanol–water partition coefficient (Wildman–Crippen LogP) is 2.13.